The number of hydrogen-bond donors (Lipinski definition) is 0. The summed E-state index contributed by atoms with van der Waals surface area (Å²) in [6.45, 7) is 4.60. The molecule has 1 aliphatic rings. The van der Waals surface area contributed by atoms with Crippen LogP contribution in [0.25, 0.3) is 0 Å². The van der Waals surface area contributed by atoms with Gasteiger partial charge in [-0.25, -0.2) is 0 Å². The van der Waals surface area contributed by atoms with Crippen LogP contribution < -0.4 is 0 Å². The first-order valence-corrected chi connectivity index (χ1v) is 3.45. The van der Waals surface area contributed by atoms with Gasteiger partial charge in [0.1, 0.15) is 0 Å². The smallest absolute Gasteiger partial charge is 0.0259 e. The largest absolute Gasteiger partial charge is 0.0880 e. The Balaban J connectivity index is 2.42. The molecule has 0 aromatic carbocycles. The van der Waals surface area contributed by atoms with Gasteiger partial charge in [-0.3, -0.25) is 0 Å². The van der Waals surface area contributed by atoms with E-state index < -0.39 is 0 Å². The minimum absolute atomic E-state index is 0.832. The molecule has 0 fully saturated rings. The SMILES string of the molecule is CC1C=CC[C@@H](C)C1. The van der Waals surface area contributed by atoms with E-state index in [9.17, 15) is 0 Å². The van der Waals surface area contributed by atoms with E-state index in [1.165, 1.54) is 12.8 Å². The van der Waals surface area contributed by atoms with Gasteiger partial charge >= 0.3 is 0 Å². The second-order valence-corrected chi connectivity index (χ2v) is 2.98. The topological polar surface area (TPSA) is 0 Å². The van der Waals surface area contributed by atoms with Crippen LogP contribution >= 0.6 is 0 Å². The minimum atomic E-state index is 0.832. The number of hydrogen-bond acceptors (Lipinski definition) is 0. The van der Waals surface area contributed by atoms with E-state index in [2.05, 4.69) is 26.0 Å². The van der Waals surface area contributed by atoms with Gasteiger partial charge in [-0.05, 0) is 24.7 Å². The molecule has 0 heteroatoms. The van der Waals surface area contributed by atoms with Gasteiger partial charge in [0.15, 0.2) is 0 Å². The lowest BCUT2D eigenvalue weighted by Gasteiger charge is -2.16. The summed E-state index contributed by atoms with van der Waals surface area (Å²) < 4.78 is 0. The van der Waals surface area contributed by atoms with E-state index in [0.29, 0.717) is 0 Å². The normalized spacial score (nSPS) is 37.8. The monoisotopic (exact) mass is 110 g/mol. The minimum Gasteiger partial charge on any atom is -0.0880 e. The van der Waals surface area contributed by atoms with Gasteiger partial charge < -0.3 is 0 Å². The summed E-state index contributed by atoms with van der Waals surface area (Å²) in [5.41, 5.74) is 0. The molecule has 2 atom stereocenters. The first-order valence-electron chi connectivity index (χ1n) is 3.45. The van der Waals surface area contributed by atoms with Crippen LogP contribution in [-0.2, 0) is 0 Å². The van der Waals surface area contributed by atoms with Crippen molar-refractivity contribution in [3.8, 4) is 0 Å². The van der Waals surface area contributed by atoms with E-state index in [0.717, 1.165) is 11.8 Å². The quantitative estimate of drug-likeness (QED) is 0.420. The maximum Gasteiger partial charge on any atom is -0.0259 e. The molecule has 0 N–H and O–H groups in total. The zero-order chi connectivity index (χ0) is 5.98. The molecule has 46 valence electrons. The van der Waals surface area contributed by atoms with Crippen LogP contribution in [0.1, 0.15) is 26.7 Å². The third-order valence-corrected chi connectivity index (χ3v) is 1.78. The van der Waals surface area contributed by atoms with Crippen molar-refractivity contribution in [1.82, 2.24) is 0 Å². The molecule has 0 saturated heterocycles. The molecular formula is C8H14. The van der Waals surface area contributed by atoms with E-state index in [4.69, 9.17) is 0 Å². The molecule has 0 aromatic rings. The predicted molar refractivity (Wildman–Crippen MR) is 36.7 cm³/mol. The standard InChI is InChI=1S/C8H14/c1-7-4-3-5-8(2)6-7/h3-4,7-8H,5-6H2,1-2H3/t7?,8-/m1/s1. The van der Waals surface area contributed by atoms with Crippen molar-refractivity contribution in [2.75, 3.05) is 0 Å². The van der Waals surface area contributed by atoms with Crippen molar-refractivity contribution in [3.05, 3.63) is 12.2 Å². The fourth-order valence-corrected chi connectivity index (χ4v) is 1.35. The summed E-state index contributed by atoms with van der Waals surface area (Å²) in [6.07, 6.45) is 7.31. The summed E-state index contributed by atoms with van der Waals surface area (Å²) in [5, 5.41) is 0. The lowest BCUT2D eigenvalue weighted by molar-refractivity contribution is 0.449. The van der Waals surface area contributed by atoms with Crippen LogP contribution in [-0.4, -0.2) is 0 Å². The Morgan fingerprint density at radius 1 is 1.38 bits per heavy atom. The summed E-state index contributed by atoms with van der Waals surface area (Å²) >= 11 is 0. The Morgan fingerprint density at radius 3 is 2.50 bits per heavy atom. The van der Waals surface area contributed by atoms with Crippen LogP contribution in [0, 0.1) is 11.8 Å². The molecule has 0 nitrogen and oxygen atoms in total. The molecule has 1 aliphatic carbocycles. The van der Waals surface area contributed by atoms with Crippen molar-refractivity contribution in [2.45, 2.75) is 26.7 Å². The maximum absolute atomic E-state index is 2.32. The van der Waals surface area contributed by atoms with Crippen LogP contribution in [0.2, 0.25) is 0 Å². The fraction of sp³-hybridized carbons (Fsp3) is 0.750. The maximum atomic E-state index is 2.32. The number of rotatable bonds is 0. The zero-order valence-corrected chi connectivity index (χ0v) is 5.72. The molecule has 0 bridgehead atoms. The highest BCUT2D eigenvalue weighted by Crippen LogP contribution is 2.21. The third kappa shape index (κ3) is 1.36. The van der Waals surface area contributed by atoms with E-state index in [-0.39, 0.29) is 0 Å². The summed E-state index contributed by atoms with van der Waals surface area (Å²) in [6, 6.07) is 0. The molecule has 0 saturated carbocycles. The molecule has 1 rings (SSSR count). The highest BCUT2D eigenvalue weighted by Gasteiger charge is 2.08. The molecule has 0 aliphatic heterocycles. The van der Waals surface area contributed by atoms with Crippen molar-refractivity contribution < 1.29 is 0 Å². The molecule has 0 radical (unpaired) electrons. The Hall–Kier alpha value is -0.260. The first kappa shape index (κ1) is 5.87. The van der Waals surface area contributed by atoms with Gasteiger partial charge in [-0.1, -0.05) is 26.0 Å². The van der Waals surface area contributed by atoms with E-state index in [1.54, 1.807) is 0 Å². The molecule has 0 aromatic heterocycles. The number of allylic oxidation sites excluding steroid dienone is 2. The second-order valence-electron chi connectivity index (χ2n) is 2.98. The van der Waals surface area contributed by atoms with Crippen LogP contribution in [0.5, 0.6) is 0 Å². The van der Waals surface area contributed by atoms with Gasteiger partial charge in [0, 0.05) is 0 Å². The van der Waals surface area contributed by atoms with E-state index in [1.807, 2.05) is 0 Å². The van der Waals surface area contributed by atoms with Crippen molar-refractivity contribution in [2.24, 2.45) is 11.8 Å². The Labute approximate surface area is 51.6 Å². The molecular weight excluding hydrogens is 96.1 g/mol. The Morgan fingerprint density at radius 2 is 2.12 bits per heavy atom. The Kier molecular flexibility index (Phi) is 1.72. The van der Waals surface area contributed by atoms with E-state index >= 15 is 0 Å². The summed E-state index contributed by atoms with van der Waals surface area (Å²) in [7, 11) is 0. The molecule has 1 unspecified atom stereocenters. The molecule has 0 heterocycles. The highest BCUT2D eigenvalue weighted by atomic mass is 14.1. The molecule has 8 heavy (non-hydrogen) atoms. The zero-order valence-electron chi connectivity index (χ0n) is 5.72. The van der Waals surface area contributed by atoms with Crippen LogP contribution in [0.3, 0.4) is 0 Å². The van der Waals surface area contributed by atoms with Crippen molar-refractivity contribution in [3.63, 3.8) is 0 Å². The van der Waals surface area contributed by atoms with Gasteiger partial charge in [0.25, 0.3) is 0 Å². The first-order chi connectivity index (χ1) is 3.79. The Bertz CT molecular complexity index is 92.2. The lowest BCUT2D eigenvalue weighted by atomic mass is 9.89. The average Bonchev–Trinajstić information content (AvgIpc) is 1.64. The molecule has 0 amide bonds. The van der Waals surface area contributed by atoms with Gasteiger partial charge in [0.05, 0.1) is 0 Å². The average molecular weight is 110 g/mol. The van der Waals surface area contributed by atoms with Crippen molar-refractivity contribution >= 4 is 0 Å². The van der Waals surface area contributed by atoms with Gasteiger partial charge in [-0.15, -0.1) is 0 Å². The summed E-state index contributed by atoms with van der Waals surface area (Å²) in [5.74, 6) is 1.76. The lowest BCUT2D eigenvalue weighted by Crippen LogP contribution is -2.04. The third-order valence-electron chi connectivity index (χ3n) is 1.78. The summed E-state index contributed by atoms with van der Waals surface area (Å²) in [4.78, 5) is 0. The van der Waals surface area contributed by atoms with Crippen LogP contribution in [0.15, 0.2) is 12.2 Å². The molecule has 0 spiro atoms. The van der Waals surface area contributed by atoms with Crippen LogP contribution in [0.4, 0.5) is 0 Å². The fourth-order valence-electron chi connectivity index (χ4n) is 1.35. The van der Waals surface area contributed by atoms with Crippen molar-refractivity contribution in [1.29, 1.82) is 0 Å². The van der Waals surface area contributed by atoms with Gasteiger partial charge in [0.2, 0.25) is 0 Å². The second kappa shape index (κ2) is 2.34. The van der Waals surface area contributed by atoms with Gasteiger partial charge in [-0.2, -0.15) is 0 Å². The predicted octanol–water partition coefficient (Wildman–Crippen LogP) is 2.61. The highest BCUT2D eigenvalue weighted by molar-refractivity contribution is 4.92.